The molecule has 0 unspecified atom stereocenters. The number of nitrogen functional groups attached to an aromatic ring is 1. The number of nitrogens with one attached hydrogen (secondary N) is 1. The largest absolute Gasteiger partial charge is 0.397 e. The zero-order chi connectivity index (χ0) is 12.4. The van der Waals surface area contributed by atoms with E-state index in [1.165, 1.54) is 25.3 Å². The number of benzene rings is 1. The predicted octanol–water partition coefficient (Wildman–Crippen LogP) is 3.11. The predicted molar refractivity (Wildman–Crippen MR) is 70.5 cm³/mol. The molecule has 0 atom stereocenters. The standard InChI is InChI=1S/C12H14Cl2N2O/c13-9-4-8(5-10(15)11(9)14)12(17)16-6-7-2-1-3-7/h4-5,7H,1-3,6,15H2,(H,16,17). The number of amides is 1. The lowest BCUT2D eigenvalue weighted by Gasteiger charge is -2.25. The van der Waals surface area contributed by atoms with Crippen LogP contribution in [0.25, 0.3) is 0 Å². The summed E-state index contributed by atoms with van der Waals surface area (Å²) < 4.78 is 0. The van der Waals surface area contributed by atoms with Gasteiger partial charge in [0.15, 0.2) is 0 Å². The van der Waals surface area contributed by atoms with Gasteiger partial charge in [-0.3, -0.25) is 4.79 Å². The molecule has 0 bridgehead atoms. The van der Waals surface area contributed by atoms with Gasteiger partial charge in [0.05, 0.1) is 15.7 Å². The number of hydrogen-bond acceptors (Lipinski definition) is 2. The molecule has 0 saturated heterocycles. The van der Waals surface area contributed by atoms with Crippen molar-refractivity contribution < 1.29 is 4.79 Å². The van der Waals surface area contributed by atoms with Gasteiger partial charge in [0.1, 0.15) is 0 Å². The molecule has 17 heavy (non-hydrogen) atoms. The molecule has 1 aliphatic carbocycles. The van der Waals surface area contributed by atoms with Gasteiger partial charge in [-0.2, -0.15) is 0 Å². The first kappa shape index (κ1) is 12.5. The van der Waals surface area contributed by atoms with E-state index in [9.17, 15) is 4.79 Å². The summed E-state index contributed by atoms with van der Waals surface area (Å²) in [4.78, 5) is 11.8. The van der Waals surface area contributed by atoms with E-state index in [0.717, 1.165) is 6.54 Å². The van der Waals surface area contributed by atoms with E-state index in [-0.39, 0.29) is 5.91 Å². The minimum absolute atomic E-state index is 0.151. The normalized spacial score (nSPS) is 15.4. The number of anilines is 1. The molecular formula is C12H14Cl2N2O. The first-order valence-electron chi connectivity index (χ1n) is 5.60. The number of carbonyl (C=O) groups is 1. The van der Waals surface area contributed by atoms with Crippen molar-refractivity contribution in [3.05, 3.63) is 27.7 Å². The van der Waals surface area contributed by atoms with E-state index in [1.54, 1.807) is 6.07 Å². The van der Waals surface area contributed by atoms with Gasteiger partial charge < -0.3 is 11.1 Å². The van der Waals surface area contributed by atoms with Gasteiger partial charge in [0.25, 0.3) is 5.91 Å². The third-order valence-corrected chi connectivity index (χ3v) is 3.91. The fourth-order valence-electron chi connectivity index (χ4n) is 1.78. The fraction of sp³-hybridized carbons (Fsp3) is 0.417. The zero-order valence-corrected chi connectivity index (χ0v) is 10.8. The summed E-state index contributed by atoms with van der Waals surface area (Å²) in [7, 11) is 0. The third-order valence-electron chi connectivity index (χ3n) is 3.09. The van der Waals surface area contributed by atoms with E-state index in [0.29, 0.717) is 27.2 Å². The van der Waals surface area contributed by atoms with E-state index >= 15 is 0 Å². The Labute approximate surface area is 110 Å². The maximum absolute atomic E-state index is 11.8. The maximum atomic E-state index is 11.8. The van der Waals surface area contributed by atoms with Crippen LogP contribution in [0, 0.1) is 5.92 Å². The number of hydrogen-bond donors (Lipinski definition) is 2. The van der Waals surface area contributed by atoms with E-state index in [1.807, 2.05) is 0 Å². The van der Waals surface area contributed by atoms with Crippen LogP contribution in [0.1, 0.15) is 29.6 Å². The average Bonchev–Trinajstić information content (AvgIpc) is 2.22. The van der Waals surface area contributed by atoms with Crippen LogP contribution in [0.2, 0.25) is 10.0 Å². The summed E-state index contributed by atoms with van der Waals surface area (Å²) in [5.74, 6) is 0.473. The molecule has 0 aromatic heterocycles. The van der Waals surface area contributed by atoms with Crippen molar-refractivity contribution in [3.63, 3.8) is 0 Å². The molecule has 3 nitrogen and oxygen atoms in total. The number of carbonyl (C=O) groups excluding carboxylic acids is 1. The smallest absolute Gasteiger partial charge is 0.251 e. The van der Waals surface area contributed by atoms with E-state index < -0.39 is 0 Å². The second-order valence-corrected chi connectivity index (χ2v) is 5.15. The molecule has 5 heteroatoms. The number of nitrogens with two attached hydrogens (primary N) is 1. The summed E-state index contributed by atoms with van der Waals surface area (Å²) in [6.07, 6.45) is 3.66. The van der Waals surface area contributed by atoms with Crippen molar-refractivity contribution in [2.45, 2.75) is 19.3 Å². The van der Waals surface area contributed by atoms with Crippen LogP contribution in [0.5, 0.6) is 0 Å². The lowest BCUT2D eigenvalue weighted by Crippen LogP contribution is -2.32. The fourth-order valence-corrected chi connectivity index (χ4v) is 2.11. The summed E-state index contributed by atoms with van der Waals surface area (Å²) >= 11 is 11.7. The van der Waals surface area contributed by atoms with Gasteiger partial charge in [-0.15, -0.1) is 0 Å². The average molecular weight is 273 g/mol. The van der Waals surface area contributed by atoms with Crippen molar-refractivity contribution in [1.29, 1.82) is 0 Å². The van der Waals surface area contributed by atoms with Crippen LogP contribution in [-0.4, -0.2) is 12.5 Å². The van der Waals surface area contributed by atoms with Crippen LogP contribution < -0.4 is 11.1 Å². The molecular weight excluding hydrogens is 259 g/mol. The van der Waals surface area contributed by atoms with Crippen LogP contribution in [0.3, 0.4) is 0 Å². The minimum Gasteiger partial charge on any atom is -0.397 e. The second kappa shape index (κ2) is 5.15. The van der Waals surface area contributed by atoms with E-state index in [2.05, 4.69) is 5.32 Å². The number of rotatable bonds is 3. The van der Waals surface area contributed by atoms with Crippen molar-refractivity contribution in [2.24, 2.45) is 5.92 Å². The van der Waals surface area contributed by atoms with Gasteiger partial charge in [-0.1, -0.05) is 29.6 Å². The van der Waals surface area contributed by atoms with Crippen molar-refractivity contribution in [2.75, 3.05) is 12.3 Å². The van der Waals surface area contributed by atoms with Gasteiger partial charge in [0, 0.05) is 12.1 Å². The van der Waals surface area contributed by atoms with E-state index in [4.69, 9.17) is 28.9 Å². The highest BCUT2D eigenvalue weighted by Gasteiger charge is 2.18. The molecule has 1 saturated carbocycles. The zero-order valence-electron chi connectivity index (χ0n) is 9.30. The Morgan fingerprint density at radius 3 is 2.65 bits per heavy atom. The van der Waals surface area contributed by atoms with Crippen LogP contribution in [-0.2, 0) is 0 Å². The van der Waals surface area contributed by atoms with Gasteiger partial charge in [-0.05, 0) is 30.9 Å². The van der Waals surface area contributed by atoms with Crippen LogP contribution in [0.4, 0.5) is 5.69 Å². The molecule has 0 spiro atoms. The number of halogens is 2. The topological polar surface area (TPSA) is 55.1 Å². The Kier molecular flexibility index (Phi) is 3.79. The maximum Gasteiger partial charge on any atom is 0.251 e. The van der Waals surface area contributed by atoms with Crippen molar-refractivity contribution in [3.8, 4) is 0 Å². The Morgan fingerprint density at radius 1 is 1.41 bits per heavy atom. The molecule has 1 aliphatic rings. The summed E-state index contributed by atoms with van der Waals surface area (Å²) in [6.45, 7) is 0.721. The molecule has 0 radical (unpaired) electrons. The lowest BCUT2D eigenvalue weighted by atomic mass is 9.85. The SMILES string of the molecule is Nc1cc(C(=O)NCC2CCC2)cc(Cl)c1Cl. The van der Waals surface area contributed by atoms with Crippen LogP contribution >= 0.6 is 23.2 Å². The minimum atomic E-state index is -0.151. The molecule has 2 rings (SSSR count). The summed E-state index contributed by atoms with van der Waals surface area (Å²) in [5.41, 5.74) is 6.44. The summed E-state index contributed by atoms with van der Waals surface area (Å²) in [6, 6.07) is 3.08. The highest BCUT2D eigenvalue weighted by atomic mass is 35.5. The second-order valence-electron chi connectivity index (χ2n) is 4.37. The monoisotopic (exact) mass is 272 g/mol. The first-order chi connectivity index (χ1) is 8.08. The summed E-state index contributed by atoms with van der Waals surface area (Å²) in [5, 5.41) is 3.48. The molecule has 1 aromatic rings. The molecule has 1 aromatic carbocycles. The highest BCUT2D eigenvalue weighted by Crippen LogP contribution is 2.29. The molecule has 0 aliphatic heterocycles. The third kappa shape index (κ3) is 2.85. The Morgan fingerprint density at radius 2 is 2.12 bits per heavy atom. The molecule has 0 heterocycles. The van der Waals surface area contributed by atoms with Gasteiger partial charge >= 0.3 is 0 Å². The van der Waals surface area contributed by atoms with Gasteiger partial charge in [0.2, 0.25) is 0 Å². The Hall–Kier alpha value is -0.930. The first-order valence-corrected chi connectivity index (χ1v) is 6.36. The Bertz CT molecular complexity index is 421. The molecule has 3 N–H and O–H groups in total. The Balaban J connectivity index is 2.02. The van der Waals surface area contributed by atoms with Crippen molar-refractivity contribution in [1.82, 2.24) is 5.32 Å². The van der Waals surface area contributed by atoms with Gasteiger partial charge in [-0.25, -0.2) is 0 Å². The van der Waals surface area contributed by atoms with Crippen LogP contribution in [0.15, 0.2) is 12.1 Å². The quantitative estimate of drug-likeness (QED) is 0.831. The molecule has 1 amide bonds. The molecule has 92 valence electrons. The van der Waals surface area contributed by atoms with Crippen molar-refractivity contribution >= 4 is 34.8 Å². The molecule has 1 fully saturated rings. The lowest BCUT2D eigenvalue weighted by molar-refractivity contribution is 0.0939. The highest BCUT2D eigenvalue weighted by molar-refractivity contribution is 6.43.